The highest BCUT2D eigenvalue weighted by atomic mass is 16.7. The Labute approximate surface area is 95.5 Å². The van der Waals surface area contributed by atoms with Crippen molar-refractivity contribution >= 4 is 5.70 Å². The van der Waals surface area contributed by atoms with E-state index < -0.39 is 0 Å². The molecule has 1 saturated heterocycles. The summed E-state index contributed by atoms with van der Waals surface area (Å²) in [6.45, 7) is 1.64. The molecule has 0 saturated carbocycles. The summed E-state index contributed by atoms with van der Waals surface area (Å²) in [7, 11) is 4.04. The van der Waals surface area contributed by atoms with Crippen LogP contribution in [0.25, 0.3) is 5.70 Å². The molecule has 0 aliphatic carbocycles. The van der Waals surface area contributed by atoms with Crippen LogP contribution in [0, 0.1) is 0 Å². The minimum Gasteiger partial charge on any atom is -0.377 e. The van der Waals surface area contributed by atoms with Crippen LogP contribution in [0.5, 0.6) is 0 Å². The maximum atomic E-state index is 5.31. The summed E-state index contributed by atoms with van der Waals surface area (Å²) in [6, 6.07) is 3.98. The van der Waals surface area contributed by atoms with E-state index in [-0.39, 0.29) is 0 Å². The molecule has 4 heteroatoms. The first kappa shape index (κ1) is 11.1. The summed E-state index contributed by atoms with van der Waals surface area (Å²) in [6.07, 6.45) is 3.63. The van der Waals surface area contributed by atoms with Crippen molar-refractivity contribution in [2.45, 2.75) is 0 Å². The minimum atomic E-state index is 0.386. The average Bonchev–Trinajstić information content (AvgIpc) is 2.31. The Balaban J connectivity index is 2.37. The molecule has 2 heterocycles. The van der Waals surface area contributed by atoms with Gasteiger partial charge in [-0.3, -0.25) is 4.98 Å². The monoisotopic (exact) mass is 220 g/mol. The Morgan fingerprint density at radius 1 is 1.31 bits per heavy atom. The Morgan fingerprint density at radius 3 is 2.62 bits per heavy atom. The zero-order valence-electron chi connectivity index (χ0n) is 9.64. The fourth-order valence-corrected chi connectivity index (χ4v) is 1.85. The highest BCUT2D eigenvalue weighted by Crippen LogP contribution is 2.22. The summed E-state index contributed by atoms with van der Waals surface area (Å²) < 4.78 is 10.6. The van der Waals surface area contributed by atoms with E-state index in [0.29, 0.717) is 20.0 Å². The summed E-state index contributed by atoms with van der Waals surface area (Å²) >= 11 is 0. The molecule has 0 spiro atoms. The van der Waals surface area contributed by atoms with E-state index in [1.165, 1.54) is 0 Å². The third-order valence-electron chi connectivity index (χ3n) is 2.44. The van der Waals surface area contributed by atoms with Crippen molar-refractivity contribution in [3.8, 4) is 0 Å². The SMILES string of the molecule is CN(C)C(=C1COCOC1)c1cccnc1. The van der Waals surface area contributed by atoms with Crippen LogP contribution >= 0.6 is 0 Å². The second-order valence-electron chi connectivity index (χ2n) is 3.90. The summed E-state index contributed by atoms with van der Waals surface area (Å²) in [5, 5.41) is 0. The summed E-state index contributed by atoms with van der Waals surface area (Å²) in [5.74, 6) is 0. The molecule has 1 aromatic rings. The predicted octanol–water partition coefficient (Wildman–Crippen LogP) is 1.36. The molecule has 0 N–H and O–H groups in total. The van der Waals surface area contributed by atoms with E-state index in [2.05, 4.69) is 9.88 Å². The zero-order chi connectivity index (χ0) is 11.4. The quantitative estimate of drug-likeness (QED) is 0.753. The van der Waals surface area contributed by atoms with Gasteiger partial charge in [-0.2, -0.15) is 0 Å². The lowest BCUT2D eigenvalue weighted by atomic mass is 10.1. The van der Waals surface area contributed by atoms with E-state index in [1.807, 2.05) is 32.4 Å². The van der Waals surface area contributed by atoms with Crippen LogP contribution in [0.3, 0.4) is 0 Å². The molecule has 2 rings (SSSR count). The van der Waals surface area contributed by atoms with E-state index in [0.717, 1.165) is 16.8 Å². The molecular weight excluding hydrogens is 204 g/mol. The number of hydrogen-bond donors (Lipinski definition) is 0. The van der Waals surface area contributed by atoms with E-state index in [1.54, 1.807) is 6.20 Å². The standard InChI is InChI=1S/C12H16N2O2/c1-14(2)12(10-4-3-5-13-6-10)11-7-15-9-16-8-11/h3-6H,7-9H2,1-2H3. The molecule has 1 aliphatic heterocycles. The topological polar surface area (TPSA) is 34.6 Å². The van der Waals surface area contributed by atoms with Gasteiger partial charge in [-0.05, 0) is 12.1 Å². The average molecular weight is 220 g/mol. The van der Waals surface area contributed by atoms with Gasteiger partial charge in [0.15, 0.2) is 0 Å². The van der Waals surface area contributed by atoms with E-state index >= 15 is 0 Å². The van der Waals surface area contributed by atoms with Crippen LogP contribution in [-0.4, -0.2) is 44.0 Å². The molecule has 16 heavy (non-hydrogen) atoms. The molecule has 0 bridgehead atoms. The number of ether oxygens (including phenoxy) is 2. The lowest BCUT2D eigenvalue weighted by Crippen LogP contribution is -2.22. The van der Waals surface area contributed by atoms with Crippen molar-refractivity contribution in [2.24, 2.45) is 0 Å². The van der Waals surface area contributed by atoms with Gasteiger partial charge in [0.1, 0.15) is 6.79 Å². The number of aromatic nitrogens is 1. The normalized spacial score (nSPS) is 16.0. The number of nitrogens with zero attached hydrogens (tertiary/aromatic N) is 2. The van der Waals surface area contributed by atoms with Crippen LogP contribution in [0.2, 0.25) is 0 Å². The molecule has 1 aromatic heterocycles. The van der Waals surface area contributed by atoms with Gasteiger partial charge in [0.2, 0.25) is 0 Å². The predicted molar refractivity (Wildman–Crippen MR) is 61.6 cm³/mol. The van der Waals surface area contributed by atoms with Gasteiger partial charge in [-0.15, -0.1) is 0 Å². The Hall–Kier alpha value is -1.39. The van der Waals surface area contributed by atoms with E-state index in [4.69, 9.17) is 9.47 Å². The van der Waals surface area contributed by atoms with Crippen molar-refractivity contribution in [1.82, 2.24) is 9.88 Å². The Bertz CT molecular complexity index is 366. The number of hydrogen-bond acceptors (Lipinski definition) is 4. The van der Waals surface area contributed by atoms with Gasteiger partial charge in [0.25, 0.3) is 0 Å². The molecule has 0 atom stereocenters. The molecule has 1 aliphatic rings. The summed E-state index contributed by atoms with van der Waals surface area (Å²) in [4.78, 5) is 6.21. The smallest absolute Gasteiger partial charge is 0.147 e. The Kier molecular flexibility index (Phi) is 3.54. The maximum Gasteiger partial charge on any atom is 0.147 e. The molecule has 0 aromatic carbocycles. The fourth-order valence-electron chi connectivity index (χ4n) is 1.85. The third-order valence-corrected chi connectivity index (χ3v) is 2.44. The van der Waals surface area contributed by atoms with Crippen molar-refractivity contribution in [2.75, 3.05) is 34.1 Å². The van der Waals surface area contributed by atoms with E-state index in [9.17, 15) is 0 Å². The van der Waals surface area contributed by atoms with Gasteiger partial charge >= 0.3 is 0 Å². The minimum absolute atomic E-state index is 0.386. The zero-order valence-corrected chi connectivity index (χ0v) is 9.64. The van der Waals surface area contributed by atoms with Crippen LogP contribution < -0.4 is 0 Å². The fraction of sp³-hybridized carbons (Fsp3) is 0.417. The van der Waals surface area contributed by atoms with Crippen LogP contribution in [0.4, 0.5) is 0 Å². The highest BCUT2D eigenvalue weighted by Gasteiger charge is 2.15. The number of rotatable bonds is 2. The van der Waals surface area contributed by atoms with Gasteiger partial charge in [-0.25, -0.2) is 0 Å². The largest absolute Gasteiger partial charge is 0.377 e. The molecule has 0 amide bonds. The van der Waals surface area contributed by atoms with Crippen molar-refractivity contribution in [1.29, 1.82) is 0 Å². The molecule has 0 radical (unpaired) electrons. The molecule has 86 valence electrons. The second kappa shape index (κ2) is 5.09. The van der Waals surface area contributed by atoms with Crippen molar-refractivity contribution in [3.63, 3.8) is 0 Å². The van der Waals surface area contributed by atoms with Gasteiger partial charge in [0, 0.05) is 43.3 Å². The molecule has 0 unspecified atom stereocenters. The van der Waals surface area contributed by atoms with Crippen LogP contribution in [0.15, 0.2) is 30.1 Å². The number of pyridine rings is 1. The van der Waals surface area contributed by atoms with Crippen molar-refractivity contribution < 1.29 is 9.47 Å². The van der Waals surface area contributed by atoms with Crippen molar-refractivity contribution in [3.05, 3.63) is 35.7 Å². The summed E-state index contributed by atoms with van der Waals surface area (Å²) in [5.41, 5.74) is 3.38. The van der Waals surface area contributed by atoms with Gasteiger partial charge < -0.3 is 14.4 Å². The third kappa shape index (κ3) is 2.40. The first-order valence-electron chi connectivity index (χ1n) is 5.24. The van der Waals surface area contributed by atoms with Crippen LogP contribution in [-0.2, 0) is 9.47 Å². The van der Waals surface area contributed by atoms with Gasteiger partial charge in [-0.1, -0.05) is 0 Å². The lowest BCUT2D eigenvalue weighted by Gasteiger charge is -2.25. The van der Waals surface area contributed by atoms with Crippen LogP contribution in [0.1, 0.15) is 5.56 Å². The van der Waals surface area contributed by atoms with Gasteiger partial charge in [0.05, 0.1) is 13.2 Å². The maximum absolute atomic E-state index is 5.31. The Morgan fingerprint density at radius 2 is 2.06 bits per heavy atom. The molecular formula is C12H16N2O2. The lowest BCUT2D eigenvalue weighted by molar-refractivity contribution is -0.0691. The second-order valence-corrected chi connectivity index (χ2v) is 3.90. The first-order chi connectivity index (χ1) is 7.79. The molecule has 4 nitrogen and oxygen atoms in total. The highest BCUT2D eigenvalue weighted by molar-refractivity contribution is 5.66. The molecule has 1 fully saturated rings. The first-order valence-corrected chi connectivity index (χ1v) is 5.24.